The molecule has 804 valence electrons. The Morgan fingerprint density at radius 3 is 1.08 bits per heavy atom. The molecule has 5 aromatic rings. The molecule has 11 aliphatic rings. The predicted molar refractivity (Wildman–Crippen MR) is 569 cm³/mol. The molecule has 9 atom stereocenters. The van der Waals surface area contributed by atoms with Gasteiger partial charge in [0.2, 0.25) is 17.7 Å². The fourth-order valence-electron chi connectivity index (χ4n) is 26.2. The van der Waals surface area contributed by atoms with Crippen LogP contribution in [0.1, 0.15) is 414 Å². The van der Waals surface area contributed by atoms with E-state index < -0.39 is 0 Å². The van der Waals surface area contributed by atoms with Crippen molar-refractivity contribution in [1.29, 1.82) is 0 Å². The van der Waals surface area contributed by atoms with Crippen LogP contribution in [-0.2, 0) is 75.5 Å². The van der Waals surface area contributed by atoms with E-state index in [1.807, 2.05) is 50.0 Å². The van der Waals surface area contributed by atoms with Gasteiger partial charge in [0.1, 0.15) is 0 Å². The standard InChI is InChI=1S/2C25H44N4O2.C24H43N5O3.C20H33N3O.C20H35N3O/c1-7-8-11-29(6)15-20-14-27-28-22(20)19-9-10-25(16-24(4,5)17-31-25)21(12-19)23(30)26-13-18(2)3;1-7-9-13-28(5)16-20-15-26-27-22(20)19-10-11-25(17-24(3,4)18-31-25)21(14-19)23(30)29(6)12-8-2;1-23(2)16-24(32-17-23)8-7-18(13-20(24)22(30)26-9-6-12-31-5)21-19(14-27-28-21)15-29(4)11-10-25-3;1-3-4-11-23(2)13-17-12-21-22-18(17)16-5-7-20(8-6-16)14-19(9-10-19)15-24-20;1-5-6-13-23(4)15-17-14-21-22-18(17)16-7-9-20(10-8-16)12-11-19(2,3)24-20/h14,18-19,21H,7-13,15-17H2,1-6H3,(H,26,30)(H,27,28);15,19,21H,7-14,16-18H2,1-6H3,(H,26,27);14,18,20,25H,6-13,15-17H2,1-5H3,(H,26,30)(H,27,28);12,16H,3-11,13-15H2,1-2H3,(H,21,22);14,16H,5-13,15H2,1-4H3,(H,21,22)/t2*19-,21?,25-;18-,20?,24-;;/m111../s1. The van der Waals surface area contributed by atoms with Crippen LogP contribution in [-0.4, -0.2) is 280 Å². The summed E-state index contributed by atoms with van der Waals surface area (Å²) in [6, 6.07) is 0. The first-order chi connectivity index (χ1) is 67.7. The molecule has 5 aliphatic heterocycles. The van der Waals surface area contributed by atoms with Gasteiger partial charge in [0.15, 0.2) is 0 Å². The minimum atomic E-state index is -0.352. The molecule has 11 fully saturated rings. The number of aromatic nitrogens is 10. The number of methoxy groups -OCH3 is 1. The normalized spacial score (nSPS) is 28.7. The van der Waals surface area contributed by atoms with Crippen LogP contribution >= 0.6 is 0 Å². The molecular formula is C114H199N19O9. The second kappa shape index (κ2) is 51.9. The number of rotatable bonds is 41. The number of hydrogen-bond acceptors (Lipinski definition) is 20. The number of likely N-dealkylation sites (N-methyl/N-ethyl adjacent to an activating group) is 2. The maximum absolute atomic E-state index is 13.6. The van der Waals surface area contributed by atoms with Crippen LogP contribution in [0.25, 0.3) is 0 Å². The molecule has 3 amide bonds. The summed E-state index contributed by atoms with van der Waals surface area (Å²) < 4.78 is 37.3. The summed E-state index contributed by atoms with van der Waals surface area (Å²) in [7, 11) is 16.6. The molecule has 0 aromatic carbocycles. The smallest absolute Gasteiger partial charge is 0.228 e. The summed E-state index contributed by atoms with van der Waals surface area (Å²) in [5.41, 5.74) is 13.5. The van der Waals surface area contributed by atoms with Gasteiger partial charge in [-0.1, -0.05) is 116 Å². The minimum absolute atomic E-state index is 0.0774. The molecule has 3 unspecified atom stereocenters. The van der Waals surface area contributed by atoms with E-state index in [-0.39, 0.29) is 91.2 Å². The van der Waals surface area contributed by atoms with Gasteiger partial charge >= 0.3 is 0 Å². The van der Waals surface area contributed by atoms with Gasteiger partial charge in [0.25, 0.3) is 0 Å². The van der Waals surface area contributed by atoms with Crippen LogP contribution in [0, 0.1) is 45.3 Å². The quantitative estimate of drug-likeness (QED) is 0.0169. The van der Waals surface area contributed by atoms with Crippen molar-refractivity contribution in [3.05, 3.63) is 87.3 Å². The summed E-state index contributed by atoms with van der Waals surface area (Å²) in [6.07, 6.45) is 49.3. The van der Waals surface area contributed by atoms with E-state index in [9.17, 15) is 14.4 Å². The van der Waals surface area contributed by atoms with E-state index in [1.54, 1.807) is 7.11 Å². The number of carbonyl (C=O) groups excluding carboxylic acids is 3. The SMILES string of the molecule is CCCCN(C)Cc1cn[nH]c1C1CCC2(CC1)CC1(CC1)CO2.CCCCN(C)Cc1cn[nH]c1C1CCC2(CC1)CCC(C)(C)O2.CCCCN(C)Cc1cn[nH]c1[C@@H]1CC[C@@]2(CC(C)(C)CO2)C(C(=O)N(C)CCC)C1.CCCCN(C)Cc1cn[nH]c1[C@@H]1CC[C@@]2(CC(C)(C)CO2)C(C(=O)NCC(C)C)C1.CNCCN(C)Cc1cn[nH]c1[C@@H]1CC[C@@]2(CC(C)(C)CO2)C(C(=O)NCCCOC)C1. The van der Waals surface area contributed by atoms with Crippen molar-refractivity contribution in [3.63, 3.8) is 0 Å². The van der Waals surface area contributed by atoms with Crippen LogP contribution in [0.5, 0.6) is 0 Å². The van der Waals surface area contributed by atoms with Gasteiger partial charge in [0, 0.05) is 172 Å². The lowest BCUT2D eigenvalue weighted by atomic mass is 9.65. The highest BCUT2D eigenvalue weighted by Crippen LogP contribution is 2.62. The Labute approximate surface area is 857 Å². The third kappa shape index (κ3) is 31.1. The minimum Gasteiger partial charge on any atom is -0.385 e. The lowest BCUT2D eigenvalue weighted by Crippen LogP contribution is -2.50. The number of amides is 3. The van der Waals surface area contributed by atoms with E-state index >= 15 is 0 Å². The molecule has 6 spiro atoms. The van der Waals surface area contributed by atoms with Gasteiger partial charge in [-0.25, -0.2) is 0 Å². The Balaban J connectivity index is 0.000000159. The maximum atomic E-state index is 13.6. The number of unbranched alkanes of at least 4 members (excludes halogenated alkanes) is 4. The van der Waals surface area contributed by atoms with Crippen molar-refractivity contribution in [2.75, 3.05) is 148 Å². The van der Waals surface area contributed by atoms with E-state index in [4.69, 9.17) is 28.4 Å². The Kier molecular flexibility index (Phi) is 41.9. The number of hydrogen-bond donors (Lipinski definition) is 8. The summed E-state index contributed by atoms with van der Waals surface area (Å²) in [6.45, 7) is 50.6. The van der Waals surface area contributed by atoms with Crippen molar-refractivity contribution in [1.82, 2.24) is 96.3 Å². The van der Waals surface area contributed by atoms with Gasteiger partial charge in [-0.15, -0.1) is 0 Å². The monoisotopic (exact) mass is 1980 g/mol. The van der Waals surface area contributed by atoms with E-state index in [0.717, 1.165) is 195 Å². The Bertz CT molecular complexity index is 4500. The summed E-state index contributed by atoms with van der Waals surface area (Å²) in [4.78, 5) is 54.1. The van der Waals surface area contributed by atoms with Gasteiger partial charge in [-0.2, -0.15) is 25.5 Å². The van der Waals surface area contributed by atoms with Crippen LogP contribution in [0.4, 0.5) is 0 Å². The van der Waals surface area contributed by atoms with Crippen LogP contribution < -0.4 is 16.0 Å². The first-order valence-electron chi connectivity index (χ1n) is 56.5. The molecule has 5 saturated heterocycles. The summed E-state index contributed by atoms with van der Waals surface area (Å²) in [5, 5.41) is 48.0. The zero-order chi connectivity index (χ0) is 102. The molecule has 6 saturated carbocycles. The maximum Gasteiger partial charge on any atom is 0.228 e. The third-order valence-electron chi connectivity index (χ3n) is 34.3. The largest absolute Gasteiger partial charge is 0.385 e. The van der Waals surface area contributed by atoms with Gasteiger partial charge in [-0.3, -0.25) is 39.9 Å². The van der Waals surface area contributed by atoms with Crippen LogP contribution in [0.2, 0.25) is 0 Å². The zero-order valence-corrected chi connectivity index (χ0v) is 93.4. The number of aromatic amines is 5. The molecular weight excluding hydrogens is 1780 g/mol. The van der Waals surface area contributed by atoms with Crippen molar-refractivity contribution >= 4 is 17.7 Å². The topological polar surface area (TPSA) is 306 Å². The molecule has 0 bridgehead atoms. The molecule has 142 heavy (non-hydrogen) atoms. The molecule has 16 rings (SSSR count). The Hall–Kier alpha value is -6.02. The number of H-pyrrole nitrogens is 5. The molecule has 28 heteroatoms. The Morgan fingerprint density at radius 1 is 0.401 bits per heavy atom. The lowest BCUT2D eigenvalue weighted by Gasteiger charge is -2.44. The van der Waals surface area contributed by atoms with Crippen LogP contribution in [0.15, 0.2) is 31.0 Å². The van der Waals surface area contributed by atoms with Gasteiger partial charge < -0.3 is 73.8 Å². The molecule has 5 aromatic heterocycles. The van der Waals surface area contributed by atoms with E-state index in [0.29, 0.717) is 48.2 Å². The van der Waals surface area contributed by atoms with Crippen molar-refractivity contribution in [2.24, 2.45) is 45.3 Å². The average Bonchev–Trinajstić information content (AvgIpc) is 1.58. The number of nitrogens with zero attached hydrogens (tertiary/aromatic N) is 11. The molecule has 6 aliphatic carbocycles. The van der Waals surface area contributed by atoms with Gasteiger partial charge in [-0.05, 0) is 309 Å². The van der Waals surface area contributed by atoms with Crippen molar-refractivity contribution < 1.29 is 42.8 Å². The zero-order valence-electron chi connectivity index (χ0n) is 93.4. The molecule has 8 N–H and O–H groups in total. The fourth-order valence-corrected chi connectivity index (χ4v) is 26.2. The second-order valence-corrected chi connectivity index (χ2v) is 50.2. The average molecular weight is 1980 g/mol. The summed E-state index contributed by atoms with van der Waals surface area (Å²) >= 11 is 0. The summed E-state index contributed by atoms with van der Waals surface area (Å²) in [5.74, 6) is 2.85. The fraction of sp³-hybridized carbons (Fsp3) is 0.842. The van der Waals surface area contributed by atoms with Crippen molar-refractivity contribution in [3.8, 4) is 0 Å². The molecule has 10 heterocycles. The molecule has 28 nitrogen and oxygen atoms in total. The Morgan fingerprint density at radius 2 is 0.754 bits per heavy atom. The first-order valence-corrected chi connectivity index (χ1v) is 56.5. The highest BCUT2D eigenvalue weighted by molar-refractivity contribution is 5.81. The molecule has 0 radical (unpaired) electrons. The highest BCUT2D eigenvalue weighted by Gasteiger charge is 2.60. The van der Waals surface area contributed by atoms with E-state index in [2.05, 4.69) is 231 Å². The predicted octanol–water partition coefficient (Wildman–Crippen LogP) is 20.2. The third-order valence-corrected chi connectivity index (χ3v) is 34.3. The number of ether oxygens (including phenoxy) is 6. The lowest BCUT2D eigenvalue weighted by molar-refractivity contribution is -0.151. The second-order valence-electron chi connectivity index (χ2n) is 50.2. The number of carbonyl (C=O) groups is 3. The van der Waals surface area contributed by atoms with Crippen LogP contribution in [0.3, 0.4) is 0 Å². The van der Waals surface area contributed by atoms with E-state index in [1.165, 1.54) is 198 Å². The highest BCUT2D eigenvalue weighted by atomic mass is 16.5. The van der Waals surface area contributed by atoms with Crippen molar-refractivity contribution in [2.45, 2.75) is 425 Å². The number of nitrogens with one attached hydrogen (secondary N) is 8. The first kappa shape index (κ1) is 115. The van der Waals surface area contributed by atoms with Gasteiger partial charge in [0.05, 0.1) is 109 Å².